The number of amides is 1. The van der Waals surface area contributed by atoms with Crippen LogP contribution >= 0.6 is 11.8 Å². The number of nitrogens with zero attached hydrogens (tertiary/aromatic N) is 4. The molecule has 3 aromatic carbocycles. The Balaban J connectivity index is 1.40. The molecule has 1 aliphatic rings. The van der Waals surface area contributed by atoms with Crippen molar-refractivity contribution in [2.75, 3.05) is 4.90 Å². The summed E-state index contributed by atoms with van der Waals surface area (Å²) in [7, 11) is 0. The van der Waals surface area contributed by atoms with E-state index >= 15 is 0 Å². The molecule has 1 aromatic heterocycles. The Kier molecular flexibility index (Phi) is 6.01. The zero-order chi connectivity index (χ0) is 23.5. The maximum Gasteiger partial charge on any atom is 0.283 e. The third kappa shape index (κ3) is 4.65. The lowest BCUT2D eigenvalue weighted by molar-refractivity contribution is -0.113. The lowest BCUT2D eigenvalue weighted by Gasteiger charge is -2.17. The first-order valence-electron chi connectivity index (χ1n) is 10.2. The number of aromatic nitrogens is 2. The summed E-state index contributed by atoms with van der Waals surface area (Å²) in [4.78, 5) is 23.5. The summed E-state index contributed by atoms with van der Waals surface area (Å²) in [6.45, 7) is 0. The van der Waals surface area contributed by atoms with Gasteiger partial charge in [-0.25, -0.2) is 13.8 Å². The average molecular weight is 474 g/mol. The lowest BCUT2D eigenvalue weighted by Crippen LogP contribution is -2.30. The highest BCUT2D eigenvalue weighted by Crippen LogP contribution is 2.31. The van der Waals surface area contributed by atoms with Gasteiger partial charge in [-0.15, -0.1) is 0 Å². The standard InChI is InChI=1S/C25H16F2N4O2S/c26-18-8-6-17(7-9-18)23-29-22(30-33-23)15-34-25-28-21(14-16-4-2-1-3-5-16)24(32)31(25)20-12-10-19(27)11-13-20/h1-14H,15H2/b21-14+. The fourth-order valence-electron chi connectivity index (χ4n) is 3.27. The molecule has 4 aromatic rings. The Labute approximate surface area is 197 Å². The van der Waals surface area contributed by atoms with Crippen molar-refractivity contribution in [3.05, 3.63) is 108 Å². The number of carbonyl (C=O) groups excluding carboxylic acids is 1. The first kappa shape index (κ1) is 21.7. The minimum Gasteiger partial charge on any atom is -0.334 e. The number of aliphatic imine (C=N–C) groups is 1. The van der Waals surface area contributed by atoms with Gasteiger partial charge in [0, 0.05) is 5.56 Å². The molecule has 168 valence electrons. The second-order valence-electron chi connectivity index (χ2n) is 7.26. The molecular formula is C25H16F2N4O2S. The number of anilines is 1. The Morgan fingerprint density at radius 3 is 2.29 bits per heavy atom. The SMILES string of the molecule is O=C1/C(=C\c2ccccc2)N=C(SCc2noc(-c3ccc(F)cc3)n2)N1c1ccc(F)cc1. The molecule has 0 bridgehead atoms. The number of thioether (sulfide) groups is 1. The largest absolute Gasteiger partial charge is 0.334 e. The third-order valence-corrected chi connectivity index (χ3v) is 5.84. The van der Waals surface area contributed by atoms with Crippen LogP contribution in [0.1, 0.15) is 11.4 Å². The molecule has 5 rings (SSSR count). The van der Waals surface area contributed by atoms with Crippen molar-refractivity contribution in [2.45, 2.75) is 5.75 Å². The van der Waals surface area contributed by atoms with Crippen LogP contribution in [-0.2, 0) is 10.5 Å². The molecule has 1 aliphatic heterocycles. The van der Waals surface area contributed by atoms with E-state index in [0.717, 1.165) is 5.56 Å². The molecule has 2 heterocycles. The maximum atomic E-state index is 13.5. The van der Waals surface area contributed by atoms with Crippen LogP contribution in [0.2, 0.25) is 0 Å². The molecule has 1 amide bonds. The topological polar surface area (TPSA) is 71.6 Å². The minimum atomic E-state index is -0.401. The highest BCUT2D eigenvalue weighted by atomic mass is 32.2. The molecule has 0 saturated heterocycles. The Bertz CT molecular complexity index is 1380. The summed E-state index contributed by atoms with van der Waals surface area (Å²) in [6.07, 6.45) is 1.70. The molecule has 0 spiro atoms. The van der Waals surface area contributed by atoms with E-state index in [1.54, 1.807) is 18.2 Å². The molecule has 0 unspecified atom stereocenters. The number of hydrogen-bond acceptors (Lipinski definition) is 6. The van der Waals surface area contributed by atoms with Gasteiger partial charge >= 0.3 is 0 Å². The van der Waals surface area contributed by atoms with Crippen molar-refractivity contribution in [1.29, 1.82) is 0 Å². The van der Waals surface area contributed by atoms with Crippen molar-refractivity contribution >= 4 is 34.6 Å². The van der Waals surface area contributed by atoms with Crippen LogP contribution < -0.4 is 4.90 Å². The predicted octanol–water partition coefficient (Wildman–Crippen LogP) is 5.69. The monoisotopic (exact) mass is 474 g/mol. The summed E-state index contributed by atoms with van der Waals surface area (Å²) in [6, 6.07) is 20.7. The molecule has 0 aliphatic carbocycles. The maximum absolute atomic E-state index is 13.5. The Morgan fingerprint density at radius 2 is 1.59 bits per heavy atom. The molecule has 0 fully saturated rings. The van der Waals surface area contributed by atoms with Crippen LogP contribution in [0.3, 0.4) is 0 Å². The van der Waals surface area contributed by atoms with Gasteiger partial charge in [-0.3, -0.25) is 9.69 Å². The smallest absolute Gasteiger partial charge is 0.283 e. The van der Waals surface area contributed by atoms with Crippen molar-refractivity contribution in [3.63, 3.8) is 0 Å². The van der Waals surface area contributed by atoms with E-state index in [2.05, 4.69) is 15.1 Å². The Morgan fingerprint density at radius 1 is 0.912 bits per heavy atom. The van der Waals surface area contributed by atoms with Gasteiger partial charge in [-0.1, -0.05) is 47.3 Å². The van der Waals surface area contributed by atoms with Gasteiger partial charge in [0.25, 0.3) is 11.8 Å². The first-order chi connectivity index (χ1) is 16.6. The molecule has 6 nitrogen and oxygen atoms in total. The van der Waals surface area contributed by atoms with E-state index in [9.17, 15) is 13.6 Å². The second-order valence-corrected chi connectivity index (χ2v) is 8.21. The molecule has 0 radical (unpaired) electrons. The van der Waals surface area contributed by atoms with Crippen LogP contribution in [0.25, 0.3) is 17.5 Å². The fourth-order valence-corrected chi connectivity index (χ4v) is 4.13. The summed E-state index contributed by atoms with van der Waals surface area (Å²) in [5, 5.41) is 4.38. The van der Waals surface area contributed by atoms with Crippen LogP contribution in [-0.4, -0.2) is 21.2 Å². The fraction of sp³-hybridized carbons (Fsp3) is 0.0400. The zero-order valence-electron chi connectivity index (χ0n) is 17.6. The molecule has 0 atom stereocenters. The van der Waals surface area contributed by atoms with Crippen LogP contribution in [0, 0.1) is 11.6 Å². The number of benzene rings is 3. The number of amidine groups is 1. The molecule has 9 heteroatoms. The number of hydrogen-bond donors (Lipinski definition) is 0. The number of carbonyl (C=O) groups is 1. The van der Waals surface area contributed by atoms with Gasteiger partial charge in [-0.2, -0.15) is 4.98 Å². The van der Waals surface area contributed by atoms with Gasteiger partial charge < -0.3 is 4.52 Å². The summed E-state index contributed by atoms with van der Waals surface area (Å²) >= 11 is 1.25. The summed E-state index contributed by atoms with van der Waals surface area (Å²) in [5.74, 6) is -0.158. The third-order valence-electron chi connectivity index (χ3n) is 4.91. The van der Waals surface area contributed by atoms with Crippen molar-refractivity contribution in [2.24, 2.45) is 4.99 Å². The van der Waals surface area contributed by atoms with Crippen molar-refractivity contribution < 1.29 is 18.1 Å². The van der Waals surface area contributed by atoms with Crippen LogP contribution in [0.15, 0.2) is 94.1 Å². The predicted molar refractivity (Wildman–Crippen MR) is 127 cm³/mol. The average Bonchev–Trinajstić information content (AvgIpc) is 3.44. The highest BCUT2D eigenvalue weighted by molar-refractivity contribution is 8.13. The highest BCUT2D eigenvalue weighted by Gasteiger charge is 2.32. The lowest BCUT2D eigenvalue weighted by atomic mass is 10.2. The molecule has 0 saturated carbocycles. The van der Waals surface area contributed by atoms with Gasteiger partial charge in [0.15, 0.2) is 11.0 Å². The number of rotatable bonds is 5. The molecular weight excluding hydrogens is 458 g/mol. The van der Waals surface area contributed by atoms with E-state index in [1.165, 1.54) is 53.1 Å². The summed E-state index contributed by atoms with van der Waals surface area (Å²) in [5.41, 5.74) is 2.19. The van der Waals surface area contributed by atoms with Gasteiger partial charge in [0.05, 0.1) is 11.4 Å². The van der Waals surface area contributed by atoms with E-state index in [-0.39, 0.29) is 29.1 Å². The molecule has 0 N–H and O–H groups in total. The number of halogens is 2. The quantitative estimate of drug-likeness (QED) is 0.348. The zero-order valence-corrected chi connectivity index (χ0v) is 18.4. The van der Waals surface area contributed by atoms with E-state index in [1.807, 2.05) is 30.3 Å². The van der Waals surface area contributed by atoms with Crippen molar-refractivity contribution in [1.82, 2.24) is 10.1 Å². The van der Waals surface area contributed by atoms with Gasteiger partial charge in [0.2, 0.25) is 0 Å². The van der Waals surface area contributed by atoms with Crippen molar-refractivity contribution in [3.8, 4) is 11.5 Å². The minimum absolute atomic E-state index is 0.262. The summed E-state index contributed by atoms with van der Waals surface area (Å²) < 4.78 is 31.9. The van der Waals surface area contributed by atoms with Crippen LogP contribution in [0.5, 0.6) is 0 Å². The van der Waals surface area contributed by atoms with Gasteiger partial charge in [0.1, 0.15) is 17.3 Å². The first-order valence-corrected chi connectivity index (χ1v) is 11.2. The van der Waals surface area contributed by atoms with Gasteiger partial charge in [-0.05, 0) is 60.2 Å². The van der Waals surface area contributed by atoms with E-state index in [0.29, 0.717) is 22.2 Å². The van der Waals surface area contributed by atoms with Crippen LogP contribution in [0.4, 0.5) is 14.5 Å². The van der Waals surface area contributed by atoms with E-state index < -0.39 is 5.82 Å². The second kappa shape index (κ2) is 9.40. The van der Waals surface area contributed by atoms with E-state index in [4.69, 9.17) is 4.52 Å². The molecule has 34 heavy (non-hydrogen) atoms. The normalized spacial score (nSPS) is 14.6. The Hall–Kier alpha value is -4.11.